The van der Waals surface area contributed by atoms with Crippen molar-refractivity contribution in [3.8, 4) is 0 Å². The van der Waals surface area contributed by atoms with Crippen molar-refractivity contribution < 1.29 is 266 Å². The van der Waals surface area contributed by atoms with Crippen LogP contribution in [0.3, 0.4) is 0 Å². The van der Waals surface area contributed by atoms with Crippen LogP contribution >= 0.6 is 0 Å². The predicted molar refractivity (Wildman–Crippen MR) is 311 cm³/mol. The van der Waals surface area contributed by atoms with Gasteiger partial charge in [-0.3, -0.25) is 0 Å². The van der Waals surface area contributed by atoms with Crippen LogP contribution in [0.1, 0.15) is 166 Å². The summed E-state index contributed by atoms with van der Waals surface area (Å²) in [5.74, 6) is 0. The molecule has 0 heterocycles. The number of methoxy groups -OCH3 is 12. The Hall–Kier alpha value is 3.98. The molecule has 0 aromatic rings. The molecule has 88 heavy (non-hydrogen) atoms. The van der Waals surface area contributed by atoms with E-state index in [0.717, 1.165) is 0 Å². The van der Waals surface area contributed by atoms with E-state index in [-0.39, 0.29) is 227 Å². The maximum absolute atomic E-state index is 10.6. The van der Waals surface area contributed by atoms with Gasteiger partial charge in [0.25, 0.3) is 0 Å². The van der Waals surface area contributed by atoms with Crippen molar-refractivity contribution in [1.82, 2.24) is 0 Å². The summed E-state index contributed by atoms with van der Waals surface area (Å²) in [6, 6.07) is 0. The average Bonchev–Trinajstić information content (AvgIpc) is 3.15. The van der Waals surface area contributed by atoms with E-state index in [1.165, 1.54) is 85.3 Å². The van der Waals surface area contributed by atoms with Crippen LogP contribution in [0.25, 0.3) is 0 Å². The quantitative estimate of drug-likeness (QED) is 0.0946. The van der Waals surface area contributed by atoms with Gasteiger partial charge in [-0.25, -0.2) is 0 Å². The molecule has 0 saturated carbocycles. The Balaban J connectivity index is -0.0000000457. The second-order valence-electron chi connectivity index (χ2n) is 26.3. The maximum atomic E-state index is 10.6. The first-order chi connectivity index (χ1) is 36.7. The van der Waals surface area contributed by atoms with E-state index in [0.29, 0.717) is 0 Å². The molecule has 576 valence electrons. The van der Waals surface area contributed by atoms with Crippen molar-refractivity contribution in [2.45, 2.75) is 233 Å². The van der Waals surface area contributed by atoms with Crippen molar-refractivity contribution in [3.63, 3.8) is 0 Å². The van der Waals surface area contributed by atoms with E-state index in [2.05, 4.69) is 56.8 Å². The van der Waals surface area contributed by atoms with Crippen molar-refractivity contribution >= 4 is 0 Å². The fraction of sp³-hybridized carbons (Fsp3) is 1.00. The van der Waals surface area contributed by atoms with E-state index < -0.39 is 67.2 Å². The van der Waals surface area contributed by atoms with Gasteiger partial charge in [0.1, 0.15) is 0 Å². The van der Waals surface area contributed by atoms with Crippen molar-refractivity contribution in [3.05, 3.63) is 0 Å². The first kappa shape index (κ1) is 132. The molecule has 0 aromatic carbocycles. The van der Waals surface area contributed by atoms with Gasteiger partial charge in [0.2, 0.25) is 0 Å². The summed E-state index contributed by atoms with van der Waals surface area (Å²) < 4.78 is 55.1. The van der Waals surface area contributed by atoms with E-state index in [9.17, 15) is 61.3 Å². The zero-order chi connectivity index (χ0) is 71.0. The van der Waals surface area contributed by atoms with Crippen LogP contribution in [0, 0.1) is 147 Å². The maximum Gasteiger partial charge on any atom is 3.00 e. The third-order valence-corrected chi connectivity index (χ3v) is 5.90. The molecule has 0 aliphatic heterocycles. The standard InChI is InChI=1S/12C5H11O2.4Lu/c12*1-5(2,6)4-7-3;;;;/h12*4H2,1-3H3;;;;/q12*-1;4*+3. The number of hydrogen-bond donors (Lipinski definition) is 0. The normalized spacial score (nSPS) is 11.5. The van der Waals surface area contributed by atoms with Gasteiger partial charge in [-0.15, -0.1) is 0 Å². The fourth-order valence-electron chi connectivity index (χ4n) is 4.17. The van der Waals surface area contributed by atoms with Crippen LogP contribution in [0.5, 0.6) is 0 Å². The van der Waals surface area contributed by atoms with Crippen molar-refractivity contribution in [1.29, 1.82) is 0 Å². The molecule has 0 aliphatic rings. The number of ether oxygens (including phenoxy) is 12. The summed E-state index contributed by atoms with van der Waals surface area (Å²) in [6.07, 6.45) is 0. The summed E-state index contributed by atoms with van der Waals surface area (Å²) in [7, 11) is 18.3. The largest absolute Gasteiger partial charge is 3.00 e. The monoisotopic (exact) mass is 1940 g/mol. The molecule has 0 aliphatic carbocycles. The Morgan fingerprint density at radius 1 is 0.136 bits per heavy atom. The van der Waals surface area contributed by atoms with Crippen LogP contribution < -0.4 is 61.3 Å². The Labute approximate surface area is 655 Å². The molecule has 28 heteroatoms. The first-order valence-electron chi connectivity index (χ1n) is 27.1. The minimum atomic E-state index is -0.922. The van der Waals surface area contributed by atoms with E-state index in [1.54, 1.807) is 166 Å². The molecule has 0 saturated heterocycles. The number of hydrogen-bond acceptors (Lipinski definition) is 24. The van der Waals surface area contributed by atoms with Crippen LogP contribution in [-0.4, -0.2) is 232 Å². The van der Waals surface area contributed by atoms with Gasteiger partial charge < -0.3 is 118 Å². The van der Waals surface area contributed by atoms with Crippen LogP contribution in [0.15, 0.2) is 0 Å². The Kier molecular flexibility index (Phi) is 110. The molecule has 0 N–H and O–H groups in total. The Morgan fingerprint density at radius 2 is 0.170 bits per heavy atom. The summed E-state index contributed by atoms with van der Waals surface area (Å²) in [4.78, 5) is 0. The van der Waals surface area contributed by atoms with E-state index >= 15 is 0 Å². The van der Waals surface area contributed by atoms with Gasteiger partial charge in [0.05, 0.1) is 0 Å². The summed E-state index contributed by atoms with van der Waals surface area (Å²) in [5, 5.41) is 127. The first-order valence-corrected chi connectivity index (χ1v) is 27.1. The summed E-state index contributed by atoms with van der Waals surface area (Å²) >= 11 is 0. The molecular weight excluding hydrogens is 1800 g/mol. The summed E-state index contributed by atoms with van der Waals surface area (Å²) in [6.45, 7) is 41.7. The molecule has 0 amide bonds. The van der Waals surface area contributed by atoms with Crippen molar-refractivity contribution in [2.24, 2.45) is 0 Å². The zero-order valence-corrected chi connectivity index (χ0v) is 67.9. The van der Waals surface area contributed by atoms with Crippen molar-refractivity contribution in [2.75, 3.05) is 165 Å². The van der Waals surface area contributed by atoms with Gasteiger partial charge in [0, 0.05) is 165 Å². The molecule has 0 spiro atoms. The third-order valence-electron chi connectivity index (χ3n) is 5.90. The average molecular weight is 1940 g/mol. The predicted octanol–water partition coefficient (Wildman–Crippen LogP) is -2.74. The van der Waals surface area contributed by atoms with E-state index in [4.69, 9.17) is 0 Å². The third kappa shape index (κ3) is 264. The van der Waals surface area contributed by atoms with Gasteiger partial charge in [-0.2, -0.15) is 0 Å². The molecule has 0 aromatic heterocycles. The minimum Gasteiger partial charge on any atom is -0.848 e. The molecule has 0 rings (SSSR count). The SMILES string of the molecule is COCC(C)(C)[O-].COCC(C)(C)[O-].COCC(C)(C)[O-].COCC(C)(C)[O-].COCC(C)(C)[O-].COCC(C)(C)[O-].COCC(C)(C)[O-].COCC(C)(C)[O-].COCC(C)(C)[O-].COCC(C)(C)[O-].COCC(C)(C)[O-].COCC(C)(C)[O-].[Lu+3].[Lu+3].[Lu+3].[Lu+3]. The smallest absolute Gasteiger partial charge is 0.848 e. The van der Waals surface area contributed by atoms with Gasteiger partial charge in [-0.1, -0.05) is 233 Å². The van der Waals surface area contributed by atoms with Gasteiger partial charge >= 0.3 is 147 Å². The molecule has 0 atom stereocenters. The molecule has 24 nitrogen and oxygen atoms in total. The fourth-order valence-corrected chi connectivity index (χ4v) is 4.17. The van der Waals surface area contributed by atoms with Gasteiger partial charge in [-0.05, 0) is 0 Å². The second kappa shape index (κ2) is 73.7. The Bertz CT molecular complexity index is 902. The van der Waals surface area contributed by atoms with Crippen LogP contribution in [0.4, 0.5) is 0 Å². The second-order valence-corrected chi connectivity index (χ2v) is 26.3. The number of rotatable bonds is 24. The molecule has 0 fully saturated rings. The zero-order valence-electron chi connectivity index (χ0n) is 61.3. The van der Waals surface area contributed by atoms with Gasteiger partial charge in [0.15, 0.2) is 0 Å². The molecular formula is C60H132Lu4O24. The minimum absolute atomic E-state index is 0. The topological polar surface area (TPSA) is 387 Å². The molecule has 0 unspecified atom stereocenters. The molecule has 0 bridgehead atoms. The van der Waals surface area contributed by atoms with Crippen LogP contribution in [-0.2, 0) is 56.8 Å². The van der Waals surface area contributed by atoms with E-state index in [1.807, 2.05) is 0 Å². The van der Waals surface area contributed by atoms with Crippen LogP contribution in [0.2, 0.25) is 0 Å². The Morgan fingerprint density at radius 3 is 0.170 bits per heavy atom. The summed E-state index contributed by atoms with van der Waals surface area (Å²) in [5.41, 5.74) is -11.1. The molecule has 0 radical (unpaired) electrons.